The number of fused-ring (bicyclic) bond motifs is 3. The molecule has 1 aliphatic rings. The molecule has 2 aromatic carbocycles. The molecule has 0 unspecified atom stereocenters. The monoisotopic (exact) mass is 418 g/mol. The molecule has 8 heteroatoms. The van der Waals surface area contributed by atoms with E-state index >= 15 is 0 Å². The van der Waals surface area contributed by atoms with Gasteiger partial charge in [-0.3, -0.25) is 0 Å². The van der Waals surface area contributed by atoms with E-state index in [-0.39, 0.29) is 23.5 Å². The number of benzene rings is 2. The fraction of sp³-hybridized carbons (Fsp3) is 0.273. The van der Waals surface area contributed by atoms with Gasteiger partial charge in [0.1, 0.15) is 17.9 Å². The molecular formula is C22H17F3O5. The molecule has 1 heterocycles. The van der Waals surface area contributed by atoms with Crippen molar-refractivity contribution in [3.8, 4) is 5.75 Å². The van der Waals surface area contributed by atoms with E-state index in [1.165, 1.54) is 30.3 Å². The van der Waals surface area contributed by atoms with Gasteiger partial charge in [0.2, 0.25) is 0 Å². The van der Waals surface area contributed by atoms with E-state index in [1.54, 1.807) is 12.1 Å². The Morgan fingerprint density at radius 3 is 2.50 bits per heavy atom. The van der Waals surface area contributed by atoms with Crippen molar-refractivity contribution < 1.29 is 31.9 Å². The van der Waals surface area contributed by atoms with Gasteiger partial charge in [-0.1, -0.05) is 12.1 Å². The Hall–Kier alpha value is -3.13. The van der Waals surface area contributed by atoms with E-state index in [0.717, 1.165) is 23.8 Å². The van der Waals surface area contributed by atoms with Crippen LogP contribution in [0.15, 0.2) is 51.7 Å². The number of hydrogen-bond acceptors (Lipinski definition) is 5. The summed E-state index contributed by atoms with van der Waals surface area (Å²) in [5, 5.41) is 0.838. The summed E-state index contributed by atoms with van der Waals surface area (Å²) in [5.74, 6) is -0.410. The number of alkyl halides is 3. The minimum absolute atomic E-state index is 0.219. The molecule has 0 aliphatic heterocycles. The molecule has 0 bridgehead atoms. The van der Waals surface area contributed by atoms with Gasteiger partial charge in [-0.05, 0) is 54.7 Å². The van der Waals surface area contributed by atoms with Gasteiger partial charge in [-0.2, -0.15) is 13.2 Å². The normalized spacial score (nSPS) is 13.4. The third kappa shape index (κ3) is 4.38. The molecule has 0 atom stereocenters. The van der Waals surface area contributed by atoms with Gasteiger partial charge in [0.25, 0.3) is 0 Å². The predicted molar refractivity (Wildman–Crippen MR) is 102 cm³/mol. The summed E-state index contributed by atoms with van der Waals surface area (Å²) in [7, 11) is 0. The van der Waals surface area contributed by atoms with Crippen LogP contribution in [-0.4, -0.2) is 18.8 Å². The summed E-state index contributed by atoms with van der Waals surface area (Å²) in [4.78, 5) is 24.5. The Labute approximate surface area is 169 Å². The lowest BCUT2D eigenvalue weighted by molar-refractivity contribution is -0.176. The number of esters is 1. The first-order chi connectivity index (χ1) is 14.3. The number of carbonyl (C=O) groups is 1. The maximum atomic E-state index is 12.4. The predicted octanol–water partition coefficient (Wildman–Crippen LogP) is 4.58. The van der Waals surface area contributed by atoms with Crippen molar-refractivity contribution in [2.24, 2.45) is 0 Å². The van der Waals surface area contributed by atoms with Crippen LogP contribution in [0.2, 0.25) is 0 Å². The van der Waals surface area contributed by atoms with E-state index in [9.17, 15) is 22.8 Å². The largest absolute Gasteiger partial charge is 0.423 e. The average Bonchev–Trinajstić information content (AvgIpc) is 3.18. The van der Waals surface area contributed by atoms with E-state index < -0.39 is 18.8 Å². The van der Waals surface area contributed by atoms with Gasteiger partial charge < -0.3 is 13.9 Å². The van der Waals surface area contributed by atoms with Crippen LogP contribution in [0.1, 0.15) is 33.5 Å². The molecule has 0 saturated carbocycles. The third-order valence-electron chi connectivity index (χ3n) is 4.88. The van der Waals surface area contributed by atoms with E-state index in [2.05, 4.69) is 4.74 Å². The van der Waals surface area contributed by atoms with Crippen molar-refractivity contribution in [2.75, 3.05) is 6.61 Å². The summed E-state index contributed by atoms with van der Waals surface area (Å²) < 4.78 is 51.6. The lowest BCUT2D eigenvalue weighted by atomic mass is 10.1. The summed E-state index contributed by atoms with van der Waals surface area (Å²) in [6, 6.07) is 10.8. The minimum atomic E-state index is -4.39. The van der Waals surface area contributed by atoms with Gasteiger partial charge in [0, 0.05) is 17.0 Å². The van der Waals surface area contributed by atoms with Crippen LogP contribution in [0.25, 0.3) is 11.0 Å². The molecule has 5 nitrogen and oxygen atoms in total. The van der Waals surface area contributed by atoms with Crippen LogP contribution in [0.4, 0.5) is 13.2 Å². The first kappa shape index (κ1) is 20.2. The topological polar surface area (TPSA) is 65.7 Å². The molecule has 1 aromatic heterocycles. The zero-order valence-electron chi connectivity index (χ0n) is 15.8. The molecule has 0 saturated heterocycles. The van der Waals surface area contributed by atoms with Crippen LogP contribution in [0.5, 0.6) is 5.75 Å². The van der Waals surface area contributed by atoms with Crippen molar-refractivity contribution in [2.45, 2.75) is 32.0 Å². The zero-order valence-corrected chi connectivity index (χ0v) is 15.8. The number of rotatable bonds is 5. The Morgan fingerprint density at radius 1 is 1.03 bits per heavy atom. The maximum absolute atomic E-state index is 12.4. The first-order valence-electron chi connectivity index (χ1n) is 9.34. The molecule has 0 radical (unpaired) electrons. The highest BCUT2D eigenvalue weighted by atomic mass is 19.4. The number of halogens is 3. The SMILES string of the molecule is O=C(Oc1ccc2c3c(c(=O)oc2c1)CCC3)c1ccc(COCC(F)(F)F)cc1. The Bertz CT molecular complexity index is 1150. The lowest BCUT2D eigenvalue weighted by Crippen LogP contribution is -2.16. The van der Waals surface area contributed by atoms with Crippen LogP contribution < -0.4 is 10.4 Å². The minimum Gasteiger partial charge on any atom is -0.423 e. The second-order valence-corrected chi connectivity index (χ2v) is 7.05. The molecule has 0 fully saturated rings. The van der Waals surface area contributed by atoms with Crippen LogP contribution in [0.3, 0.4) is 0 Å². The van der Waals surface area contributed by atoms with Crippen LogP contribution >= 0.6 is 0 Å². The smallest absolute Gasteiger partial charge is 0.411 e. The Morgan fingerprint density at radius 2 is 1.77 bits per heavy atom. The summed E-state index contributed by atoms with van der Waals surface area (Å²) in [5.41, 5.74) is 2.43. The molecule has 4 rings (SSSR count). The molecule has 156 valence electrons. The standard InChI is InChI=1S/C22H17F3O5/c23-22(24,25)12-28-11-13-4-6-14(7-5-13)20(26)29-15-8-9-17-16-2-1-3-18(16)21(27)30-19(17)10-15/h4-10H,1-3,11-12H2. The first-order valence-corrected chi connectivity index (χ1v) is 9.34. The summed E-state index contributed by atoms with van der Waals surface area (Å²) in [6.45, 7) is -1.55. The molecule has 30 heavy (non-hydrogen) atoms. The van der Waals surface area contributed by atoms with Gasteiger partial charge >= 0.3 is 17.8 Å². The fourth-order valence-corrected chi connectivity index (χ4v) is 3.52. The molecule has 0 N–H and O–H groups in total. The highest BCUT2D eigenvalue weighted by Crippen LogP contribution is 2.30. The van der Waals surface area contributed by atoms with E-state index in [0.29, 0.717) is 23.1 Å². The molecular weight excluding hydrogens is 401 g/mol. The second-order valence-electron chi connectivity index (χ2n) is 7.05. The molecule has 1 aliphatic carbocycles. The van der Waals surface area contributed by atoms with E-state index in [4.69, 9.17) is 9.15 Å². The van der Waals surface area contributed by atoms with Gasteiger partial charge in [0.15, 0.2) is 0 Å². The quantitative estimate of drug-likeness (QED) is 0.345. The van der Waals surface area contributed by atoms with Gasteiger partial charge in [0.05, 0.1) is 12.2 Å². The van der Waals surface area contributed by atoms with Crippen LogP contribution in [0, 0.1) is 0 Å². The number of aryl methyl sites for hydroxylation is 1. The number of ether oxygens (including phenoxy) is 2. The highest BCUT2D eigenvalue weighted by molar-refractivity contribution is 5.92. The maximum Gasteiger partial charge on any atom is 0.411 e. The van der Waals surface area contributed by atoms with Crippen molar-refractivity contribution in [3.63, 3.8) is 0 Å². The fourth-order valence-electron chi connectivity index (χ4n) is 3.52. The van der Waals surface area contributed by atoms with Crippen molar-refractivity contribution >= 4 is 16.9 Å². The summed E-state index contributed by atoms with van der Waals surface area (Å²) >= 11 is 0. The van der Waals surface area contributed by atoms with Crippen molar-refractivity contribution in [1.29, 1.82) is 0 Å². The average molecular weight is 418 g/mol. The number of carbonyl (C=O) groups excluding carboxylic acids is 1. The Kier molecular flexibility index (Phi) is 5.34. The van der Waals surface area contributed by atoms with Crippen molar-refractivity contribution in [1.82, 2.24) is 0 Å². The van der Waals surface area contributed by atoms with Crippen LogP contribution in [-0.2, 0) is 24.2 Å². The zero-order chi connectivity index (χ0) is 21.3. The Balaban J connectivity index is 1.45. The van der Waals surface area contributed by atoms with Gasteiger partial charge in [-0.15, -0.1) is 0 Å². The number of hydrogen-bond donors (Lipinski definition) is 0. The highest BCUT2D eigenvalue weighted by Gasteiger charge is 2.27. The second kappa shape index (κ2) is 7.95. The van der Waals surface area contributed by atoms with Gasteiger partial charge in [-0.25, -0.2) is 9.59 Å². The molecule has 3 aromatic rings. The van der Waals surface area contributed by atoms with Crippen molar-refractivity contribution in [3.05, 3.63) is 75.1 Å². The van der Waals surface area contributed by atoms with E-state index in [1.807, 2.05) is 0 Å². The molecule has 0 spiro atoms. The lowest BCUT2D eigenvalue weighted by Gasteiger charge is -2.09. The third-order valence-corrected chi connectivity index (χ3v) is 4.88. The molecule has 0 amide bonds. The summed E-state index contributed by atoms with van der Waals surface area (Å²) in [6.07, 6.45) is -1.95.